The summed E-state index contributed by atoms with van der Waals surface area (Å²) in [6, 6.07) is 7.88. The van der Waals surface area contributed by atoms with E-state index in [-0.39, 0.29) is 42.3 Å². The van der Waals surface area contributed by atoms with E-state index in [2.05, 4.69) is 26.1 Å². The summed E-state index contributed by atoms with van der Waals surface area (Å²) in [6.07, 6.45) is 3.26. The number of carbonyl (C=O) groups is 2. The van der Waals surface area contributed by atoms with Gasteiger partial charge in [-0.05, 0) is 36.3 Å². The second kappa shape index (κ2) is 11.3. The molecule has 0 aliphatic carbocycles. The van der Waals surface area contributed by atoms with E-state index in [9.17, 15) is 9.59 Å². The highest BCUT2D eigenvalue weighted by atomic mass is 35.5. The van der Waals surface area contributed by atoms with E-state index >= 15 is 0 Å². The first kappa shape index (κ1) is 24.2. The van der Waals surface area contributed by atoms with Crippen molar-refractivity contribution in [2.45, 2.75) is 57.9 Å². The number of benzene rings is 1. The zero-order valence-corrected chi connectivity index (χ0v) is 18.0. The van der Waals surface area contributed by atoms with Gasteiger partial charge in [0, 0.05) is 32.1 Å². The highest BCUT2D eigenvalue weighted by Crippen LogP contribution is 2.31. The molecule has 28 heavy (non-hydrogen) atoms. The largest absolute Gasteiger partial charge is 0.483 e. The maximum absolute atomic E-state index is 12.8. The van der Waals surface area contributed by atoms with Crippen molar-refractivity contribution in [1.29, 1.82) is 0 Å². The molecule has 0 aromatic heterocycles. The first-order valence-electron chi connectivity index (χ1n) is 9.81. The molecular weight excluding hydrogens is 378 g/mol. The van der Waals surface area contributed by atoms with Gasteiger partial charge in [-0.25, -0.2) is 0 Å². The van der Waals surface area contributed by atoms with Crippen LogP contribution in [-0.4, -0.2) is 49.0 Å². The minimum absolute atomic E-state index is 0. The Labute approximate surface area is 174 Å². The van der Waals surface area contributed by atoms with E-state index in [1.54, 1.807) is 0 Å². The number of ether oxygens (including phenoxy) is 1. The summed E-state index contributed by atoms with van der Waals surface area (Å²) in [4.78, 5) is 26.3. The van der Waals surface area contributed by atoms with Gasteiger partial charge >= 0.3 is 0 Å². The lowest BCUT2D eigenvalue weighted by Crippen LogP contribution is -2.50. The first-order valence-corrected chi connectivity index (χ1v) is 9.81. The molecule has 1 atom stereocenters. The van der Waals surface area contributed by atoms with Gasteiger partial charge in [0.15, 0.2) is 6.61 Å². The molecule has 3 N–H and O–H groups in total. The number of para-hydroxylation sites is 1. The Balaban J connectivity index is 0.00000392. The van der Waals surface area contributed by atoms with Crippen molar-refractivity contribution in [3.05, 3.63) is 29.8 Å². The standard InChI is InChI=1S/C21H33N3O3.ClH/c1-21(2,3)17-9-4-5-10-18(17)27-15-20(26)24-13-7-6-8-16(24)14-23-19(25)11-12-22;/h4-5,9-10,16H,6-8,11-15,22H2,1-3H3,(H,23,25);1H. The molecule has 1 aliphatic rings. The molecule has 1 saturated heterocycles. The molecule has 158 valence electrons. The minimum Gasteiger partial charge on any atom is -0.483 e. The number of nitrogens with two attached hydrogens (primary N) is 1. The van der Waals surface area contributed by atoms with Gasteiger partial charge in [0.2, 0.25) is 5.91 Å². The van der Waals surface area contributed by atoms with Crippen LogP contribution in [0.2, 0.25) is 0 Å². The Morgan fingerprint density at radius 3 is 2.64 bits per heavy atom. The van der Waals surface area contributed by atoms with Gasteiger partial charge in [0.05, 0.1) is 0 Å². The topological polar surface area (TPSA) is 84.7 Å². The molecule has 1 heterocycles. The fourth-order valence-corrected chi connectivity index (χ4v) is 3.43. The van der Waals surface area contributed by atoms with Crippen LogP contribution < -0.4 is 15.8 Å². The molecule has 0 radical (unpaired) electrons. The molecule has 1 fully saturated rings. The molecule has 6 nitrogen and oxygen atoms in total. The molecule has 0 saturated carbocycles. The average molecular weight is 412 g/mol. The van der Waals surface area contributed by atoms with Crippen LogP contribution in [0.25, 0.3) is 0 Å². The van der Waals surface area contributed by atoms with Crippen LogP contribution in [0.4, 0.5) is 0 Å². The number of nitrogens with one attached hydrogen (secondary N) is 1. The van der Waals surface area contributed by atoms with Gasteiger partial charge in [0.25, 0.3) is 5.91 Å². The van der Waals surface area contributed by atoms with E-state index in [1.807, 2.05) is 29.2 Å². The number of piperidine rings is 1. The third-order valence-corrected chi connectivity index (χ3v) is 4.90. The van der Waals surface area contributed by atoms with Crippen LogP contribution in [0.1, 0.15) is 52.0 Å². The van der Waals surface area contributed by atoms with E-state index in [0.29, 0.717) is 26.1 Å². The summed E-state index contributed by atoms with van der Waals surface area (Å²) in [7, 11) is 0. The molecular formula is C21H34ClN3O3. The summed E-state index contributed by atoms with van der Waals surface area (Å²) >= 11 is 0. The molecule has 7 heteroatoms. The van der Waals surface area contributed by atoms with Crippen molar-refractivity contribution in [1.82, 2.24) is 10.2 Å². The molecule has 2 amide bonds. The van der Waals surface area contributed by atoms with Crippen LogP contribution in [0, 0.1) is 0 Å². The van der Waals surface area contributed by atoms with E-state index in [0.717, 1.165) is 30.6 Å². The van der Waals surface area contributed by atoms with Crippen molar-refractivity contribution in [2.75, 3.05) is 26.2 Å². The van der Waals surface area contributed by atoms with Gasteiger partial charge in [-0.15, -0.1) is 12.4 Å². The molecule has 2 rings (SSSR count). The normalized spacial score (nSPS) is 16.9. The first-order chi connectivity index (χ1) is 12.8. The van der Waals surface area contributed by atoms with Crippen LogP contribution in [0.3, 0.4) is 0 Å². The lowest BCUT2D eigenvalue weighted by Gasteiger charge is -2.36. The Morgan fingerprint density at radius 2 is 1.96 bits per heavy atom. The van der Waals surface area contributed by atoms with E-state index < -0.39 is 0 Å². The van der Waals surface area contributed by atoms with Gasteiger partial charge in [-0.1, -0.05) is 39.0 Å². The maximum atomic E-state index is 12.8. The number of nitrogens with zero attached hydrogens (tertiary/aromatic N) is 1. The summed E-state index contributed by atoms with van der Waals surface area (Å²) in [6.45, 7) is 7.91. The van der Waals surface area contributed by atoms with Gasteiger partial charge in [-0.3, -0.25) is 9.59 Å². The lowest BCUT2D eigenvalue weighted by molar-refractivity contribution is -0.137. The number of likely N-dealkylation sites (tertiary alicyclic amines) is 1. The molecule has 0 spiro atoms. The molecule has 1 aliphatic heterocycles. The summed E-state index contributed by atoms with van der Waals surface area (Å²) in [5, 5.41) is 2.89. The lowest BCUT2D eigenvalue weighted by atomic mass is 9.86. The summed E-state index contributed by atoms with van der Waals surface area (Å²) < 4.78 is 5.90. The number of hydrogen-bond acceptors (Lipinski definition) is 4. The predicted octanol–water partition coefficient (Wildman–Crippen LogP) is 2.63. The third-order valence-electron chi connectivity index (χ3n) is 4.90. The maximum Gasteiger partial charge on any atom is 0.260 e. The van der Waals surface area contributed by atoms with Crippen LogP contribution >= 0.6 is 12.4 Å². The Morgan fingerprint density at radius 1 is 1.25 bits per heavy atom. The number of hydrogen-bond donors (Lipinski definition) is 2. The SMILES string of the molecule is CC(C)(C)c1ccccc1OCC(=O)N1CCCCC1CNC(=O)CCN.Cl. The molecule has 1 aromatic carbocycles. The van der Waals surface area contributed by atoms with E-state index in [4.69, 9.17) is 10.5 Å². The van der Waals surface area contributed by atoms with Crippen LogP contribution in [-0.2, 0) is 15.0 Å². The average Bonchev–Trinajstić information content (AvgIpc) is 2.64. The molecule has 0 bridgehead atoms. The van der Waals surface area contributed by atoms with Gasteiger partial charge in [0.1, 0.15) is 5.75 Å². The Bertz CT molecular complexity index is 646. The zero-order valence-electron chi connectivity index (χ0n) is 17.2. The number of halogens is 1. The fourth-order valence-electron chi connectivity index (χ4n) is 3.43. The molecule has 1 aromatic rings. The summed E-state index contributed by atoms with van der Waals surface area (Å²) in [5.74, 6) is 0.658. The monoisotopic (exact) mass is 411 g/mol. The minimum atomic E-state index is -0.0640. The predicted molar refractivity (Wildman–Crippen MR) is 114 cm³/mol. The smallest absolute Gasteiger partial charge is 0.260 e. The highest BCUT2D eigenvalue weighted by Gasteiger charge is 2.27. The Kier molecular flexibility index (Phi) is 9.76. The van der Waals surface area contributed by atoms with Crippen molar-refractivity contribution >= 4 is 24.2 Å². The zero-order chi connectivity index (χ0) is 19.9. The van der Waals surface area contributed by atoms with Crippen molar-refractivity contribution in [3.8, 4) is 5.75 Å². The second-order valence-electron chi connectivity index (χ2n) is 8.11. The van der Waals surface area contributed by atoms with Crippen molar-refractivity contribution in [3.63, 3.8) is 0 Å². The van der Waals surface area contributed by atoms with Crippen molar-refractivity contribution < 1.29 is 14.3 Å². The second-order valence-corrected chi connectivity index (χ2v) is 8.11. The Hall–Kier alpha value is -1.79. The van der Waals surface area contributed by atoms with Crippen LogP contribution in [0.15, 0.2) is 24.3 Å². The fraction of sp³-hybridized carbons (Fsp3) is 0.619. The van der Waals surface area contributed by atoms with Gasteiger partial charge in [-0.2, -0.15) is 0 Å². The third kappa shape index (κ3) is 6.99. The number of rotatable bonds is 7. The number of carbonyl (C=O) groups excluding carboxylic acids is 2. The quantitative estimate of drug-likeness (QED) is 0.722. The van der Waals surface area contributed by atoms with E-state index in [1.165, 1.54) is 0 Å². The summed E-state index contributed by atoms with van der Waals surface area (Å²) in [5.41, 5.74) is 6.44. The number of amides is 2. The molecule has 1 unspecified atom stereocenters. The van der Waals surface area contributed by atoms with Gasteiger partial charge < -0.3 is 20.7 Å². The highest BCUT2D eigenvalue weighted by molar-refractivity contribution is 5.85. The van der Waals surface area contributed by atoms with Crippen molar-refractivity contribution in [2.24, 2.45) is 5.73 Å². The van der Waals surface area contributed by atoms with Crippen LogP contribution in [0.5, 0.6) is 5.75 Å².